The topological polar surface area (TPSA) is 52.1 Å². The summed E-state index contributed by atoms with van der Waals surface area (Å²) in [6.07, 6.45) is 1.68. The van der Waals surface area contributed by atoms with Crippen LogP contribution < -0.4 is 19.6 Å². The van der Waals surface area contributed by atoms with Crippen molar-refractivity contribution in [2.75, 3.05) is 20.8 Å². The van der Waals surface area contributed by atoms with E-state index in [0.29, 0.717) is 29.7 Å². The second-order valence-corrected chi connectivity index (χ2v) is 5.28. The molecule has 6 heteroatoms. The average Bonchev–Trinajstić information content (AvgIpc) is 2.59. The first-order chi connectivity index (χ1) is 11.7. The zero-order valence-electron chi connectivity index (χ0n) is 14.0. The van der Waals surface area contributed by atoms with Gasteiger partial charge in [0, 0.05) is 5.56 Å². The standard InChI is InChI=1S/C18H21ClN2O3/c1-4-24-17-10-13(9-15(19)18(17)23-3)11-20-21-12-14-7-5-6-8-16(14)22-2/h5-11,21H,4,12H2,1-3H3/b20-11-. The van der Waals surface area contributed by atoms with Crippen molar-refractivity contribution in [2.24, 2.45) is 5.10 Å². The first-order valence-electron chi connectivity index (χ1n) is 7.57. The Hall–Kier alpha value is -2.40. The summed E-state index contributed by atoms with van der Waals surface area (Å²) in [6, 6.07) is 11.4. The van der Waals surface area contributed by atoms with Gasteiger partial charge in [-0.2, -0.15) is 5.10 Å². The van der Waals surface area contributed by atoms with Crippen molar-refractivity contribution < 1.29 is 14.2 Å². The van der Waals surface area contributed by atoms with Crippen molar-refractivity contribution in [1.29, 1.82) is 0 Å². The van der Waals surface area contributed by atoms with Gasteiger partial charge in [0.15, 0.2) is 11.5 Å². The summed E-state index contributed by atoms with van der Waals surface area (Å²) in [5, 5.41) is 4.71. The Balaban J connectivity index is 2.06. The summed E-state index contributed by atoms with van der Waals surface area (Å²) >= 11 is 6.22. The van der Waals surface area contributed by atoms with Gasteiger partial charge in [0.1, 0.15) is 5.75 Å². The predicted molar refractivity (Wildman–Crippen MR) is 96.6 cm³/mol. The van der Waals surface area contributed by atoms with E-state index in [2.05, 4.69) is 10.5 Å². The van der Waals surface area contributed by atoms with Crippen LogP contribution in [0.1, 0.15) is 18.1 Å². The quantitative estimate of drug-likeness (QED) is 0.581. The van der Waals surface area contributed by atoms with Crippen LogP contribution in [0, 0.1) is 0 Å². The number of hydrazone groups is 1. The Bertz CT molecular complexity index is 705. The van der Waals surface area contributed by atoms with Crippen LogP contribution in [0.5, 0.6) is 17.2 Å². The molecule has 2 rings (SSSR count). The summed E-state index contributed by atoms with van der Waals surface area (Å²) in [4.78, 5) is 0. The van der Waals surface area contributed by atoms with Crippen LogP contribution in [0.25, 0.3) is 0 Å². The van der Waals surface area contributed by atoms with Gasteiger partial charge in [0.2, 0.25) is 0 Å². The summed E-state index contributed by atoms with van der Waals surface area (Å²) in [7, 11) is 3.21. The molecule has 0 aliphatic rings. The molecule has 128 valence electrons. The summed E-state index contributed by atoms with van der Waals surface area (Å²) < 4.78 is 16.1. The van der Waals surface area contributed by atoms with Crippen LogP contribution in [0.4, 0.5) is 0 Å². The van der Waals surface area contributed by atoms with Crippen LogP contribution in [-0.2, 0) is 6.54 Å². The van der Waals surface area contributed by atoms with Gasteiger partial charge in [-0.15, -0.1) is 0 Å². The molecule has 0 atom stereocenters. The monoisotopic (exact) mass is 348 g/mol. The lowest BCUT2D eigenvalue weighted by atomic mass is 10.2. The van der Waals surface area contributed by atoms with Gasteiger partial charge in [-0.1, -0.05) is 29.8 Å². The van der Waals surface area contributed by atoms with E-state index in [4.69, 9.17) is 25.8 Å². The molecular formula is C18H21ClN2O3. The molecule has 0 heterocycles. The molecule has 0 unspecified atom stereocenters. The van der Waals surface area contributed by atoms with Crippen molar-refractivity contribution in [2.45, 2.75) is 13.5 Å². The van der Waals surface area contributed by atoms with E-state index in [1.807, 2.05) is 37.3 Å². The summed E-state index contributed by atoms with van der Waals surface area (Å²) in [5.74, 6) is 1.95. The molecule has 24 heavy (non-hydrogen) atoms. The van der Waals surface area contributed by atoms with E-state index in [9.17, 15) is 0 Å². The van der Waals surface area contributed by atoms with Crippen molar-refractivity contribution in [3.8, 4) is 17.2 Å². The maximum absolute atomic E-state index is 6.22. The van der Waals surface area contributed by atoms with Crippen molar-refractivity contribution in [3.63, 3.8) is 0 Å². The molecule has 0 radical (unpaired) electrons. The smallest absolute Gasteiger partial charge is 0.179 e. The van der Waals surface area contributed by atoms with E-state index in [1.165, 1.54) is 0 Å². The molecular weight excluding hydrogens is 328 g/mol. The number of hydrogen-bond acceptors (Lipinski definition) is 5. The molecule has 0 aliphatic heterocycles. The highest BCUT2D eigenvalue weighted by molar-refractivity contribution is 6.32. The third-order valence-corrected chi connectivity index (χ3v) is 3.58. The molecule has 1 N–H and O–H groups in total. The Morgan fingerprint density at radius 1 is 1.12 bits per heavy atom. The molecule has 2 aromatic rings. The zero-order chi connectivity index (χ0) is 17.4. The van der Waals surface area contributed by atoms with Gasteiger partial charge in [-0.3, -0.25) is 0 Å². The number of hydrogen-bond donors (Lipinski definition) is 1. The number of rotatable bonds is 8. The number of nitrogens with one attached hydrogen (secondary N) is 1. The molecule has 0 bridgehead atoms. The second kappa shape index (κ2) is 9.03. The van der Waals surface area contributed by atoms with Gasteiger partial charge in [0.05, 0.1) is 38.6 Å². The first kappa shape index (κ1) is 17.9. The highest BCUT2D eigenvalue weighted by Gasteiger charge is 2.10. The van der Waals surface area contributed by atoms with E-state index in [-0.39, 0.29) is 0 Å². The van der Waals surface area contributed by atoms with E-state index >= 15 is 0 Å². The van der Waals surface area contributed by atoms with E-state index in [0.717, 1.165) is 16.9 Å². The molecule has 0 fully saturated rings. The largest absolute Gasteiger partial charge is 0.496 e. The lowest BCUT2D eigenvalue weighted by Crippen LogP contribution is -2.07. The van der Waals surface area contributed by atoms with Gasteiger partial charge < -0.3 is 19.6 Å². The summed E-state index contributed by atoms with van der Waals surface area (Å²) in [5.41, 5.74) is 4.84. The molecule has 0 aliphatic carbocycles. The van der Waals surface area contributed by atoms with Gasteiger partial charge in [0.25, 0.3) is 0 Å². The molecule has 0 saturated heterocycles. The minimum absolute atomic E-state index is 0.481. The van der Waals surface area contributed by atoms with Crippen molar-refractivity contribution in [3.05, 3.63) is 52.5 Å². The molecule has 0 saturated carbocycles. The van der Waals surface area contributed by atoms with Gasteiger partial charge in [-0.25, -0.2) is 0 Å². The van der Waals surface area contributed by atoms with Crippen LogP contribution in [0.2, 0.25) is 5.02 Å². The van der Waals surface area contributed by atoms with Crippen LogP contribution in [0.3, 0.4) is 0 Å². The number of methoxy groups -OCH3 is 2. The van der Waals surface area contributed by atoms with Gasteiger partial charge >= 0.3 is 0 Å². The number of ether oxygens (including phenoxy) is 3. The average molecular weight is 349 g/mol. The highest BCUT2D eigenvalue weighted by Crippen LogP contribution is 2.35. The predicted octanol–water partition coefficient (Wildman–Crippen LogP) is 3.88. The third-order valence-electron chi connectivity index (χ3n) is 3.30. The fourth-order valence-electron chi connectivity index (χ4n) is 2.22. The normalized spacial score (nSPS) is 10.7. The maximum Gasteiger partial charge on any atom is 0.179 e. The van der Waals surface area contributed by atoms with Crippen LogP contribution >= 0.6 is 11.6 Å². The van der Waals surface area contributed by atoms with Crippen molar-refractivity contribution in [1.82, 2.24) is 5.43 Å². The van der Waals surface area contributed by atoms with E-state index < -0.39 is 0 Å². The SMILES string of the molecule is CCOc1cc(/C=N\NCc2ccccc2OC)cc(Cl)c1OC. The Labute approximate surface area is 147 Å². The maximum atomic E-state index is 6.22. The molecule has 2 aromatic carbocycles. The third kappa shape index (κ3) is 4.55. The van der Waals surface area contributed by atoms with Gasteiger partial charge in [-0.05, 0) is 30.7 Å². The number of halogens is 1. The first-order valence-corrected chi connectivity index (χ1v) is 7.95. The molecule has 0 amide bonds. The van der Waals surface area contributed by atoms with Crippen LogP contribution in [0.15, 0.2) is 41.5 Å². The number of para-hydroxylation sites is 1. The molecule has 5 nitrogen and oxygen atoms in total. The fourth-order valence-corrected chi connectivity index (χ4v) is 2.52. The highest BCUT2D eigenvalue weighted by atomic mass is 35.5. The number of benzene rings is 2. The van der Waals surface area contributed by atoms with E-state index in [1.54, 1.807) is 26.5 Å². The Kier molecular flexibility index (Phi) is 6.75. The lowest BCUT2D eigenvalue weighted by molar-refractivity contribution is 0.311. The Morgan fingerprint density at radius 3 is 2.62 bits per heavy atom. The van der Waals surface area contributed by atoms with Crippen LogP contribution in [-0.4, -0.2) is 27.0 Å². The number of nitrogens with zero attached hydrogens (tertiary/aromatic N) is 1. The second-order valence-electron chi connectivity index (χ2n) is 4.87. The Morgan fingerprint density at radius 2 is 1.92 bits per heavy atom. The fraction of sp³-hybridized carbons (Fsp3) is 0.278. The lowest BCUT2D eigenvalue weighted by Gasteiger charge is -2.11. The zero-order valence-corrected chi connectivity index (χ0v) is 14.8. The summed E-state index contributed by atoms with van der Waals surface area (Å²) in [6.45, 7) is 2.99. The molecule has 0 aromatic heterocycles. The minimum atomic E-state index is 0.481. The minimum Gasteiger partial charge on any atom is -0.496 e. The van der Waals surface area contributed by atoms with Crippen molar-refractivity contribution >= 4 is 17.8 Å². The molecule has 0 spiro atoms.